The summed E-state index contributed by atoms with van der Waals surface area (Å²) >= 11 is 0. The Morgan fingerprint density at radius 3 is 1.86 bits per heavy atom. The van der Waals surface area contributed by atoms with Gasteiger partial charge in [0.15, 0.2) is 0 Å². The monoisotopic (exact) mass is 574 g/mol. The van der Waals surface area contributed by atoms with Gasteiger partial charge in [-0.2, -0.15) is 0 Å². The summed E-state index contributed by atoms with van der Waals surface area (Å²) in [4.78, 5) is 15.6. The van der Waals surface area contributed by atoms with Gasteiger partial charge in [0.2, 0.25) is 0 Å². The Morgan fingerprint density at radius 2 is 1.28 bits per heavy atom. The van der Waals surface area contributed by atoms with Crippen LogP contribution in [0.3, 0.4) is 0 Å². The van der Waals surface area contributed by atoms with Crippen molar-refractivity contribution in [3.05, 3.63) is 132 Å². The normalized spacial score (nSPS) is 11.2. The number of fused-ring (bicyclic) bond motifs is 2. The molecule has 0 unspecified atom stereocenters. The minimum atomic E-state index is -0.527. The zero-order valence-corrected chi connectivity index (χ0v) is 25.4. The molecule has 0 saturated carbocycles. The molecule has 0 fully saturated rings. The Labute approximate surface area is 252 Å². The predicted octanol–water partition coefficient (Wildman–Crippen LogP) is 9.37. The highest BCUT2D eigenvalue weighted by molar-refractivity contribution is 5.92. The zero-order chi connectivity index (χ0) is 30.4. The Morgan fingerprint density at radius 1 is 0.721 bits per heavy atom. The first kappa shape index (κ1) is 29.5. The van der Waals surface area contributed by atoms with Crippen LogP contribution in [0.2, 0.25) is 0 Å². The number of aromatic nitrogens is 2. The molecule has 0 atom stereocenters. The number of aryl methyl sites for hydroxylation is 2. The molecule has 6 heteroatoms. The fourth-order valence-electron chi connectivity index (χ4n) is 4.89. The van der Waals surface area contributed by atoms with E-state index >= 15 is 0 Å². The Hall–Kier alpha value is -4.97. The predicted molar refractivity (Wildman–Crippen MR) is 173 cm³/mol. The number of carbonyl (C=O) groups excluding carboxylic acids is 1. The van der Waals surface area contributed by atoms with Crippen LogP contribution in [0.5, 0.6) is 11.5 Å². The molecule has 6 nitrogen and oxygen atoms in total. The van der Waals surface area contributed by atoms with Crippen LogP contribution in [0.4, 0.5) is 4.79 Å². The van der Waals surface area contributed by atoms with Gasteiger partial charge < -0.3 is 19.2 Å². The van der Waals surface area contributed by atoms with E-state index in [1.165, 1.54) is 22.0 Å². The van der Waals surface area contributed by atoms with Crippen LogP contribution in [0, 0.1) is 13.8 Å². The van der Waals surface area contributed by atoms with Crippen molar-refractivity contribution < 1.29 is 19.0 Å². The van der Waals surface area contributed by atoms with Crippen LogP contribution < -0.4 is 9.47 Å². The molecule has 1 N–H and O–H groups in total. The maximum Gasteiger partial charge on any atom is 0.418 e. The van der Waals surface area contributed by atoms with Crippen molar-refractivity contribution in [1.82, 2.24) is 9.55 Å². The molecule has 0 aliphatic heterocycles. The molecule has 0 spiro atoms. The lowest BCUT2D eigenvalue weighted by atomic mass is 10.1. The van der Waals surface area contributed by atoms with Crippen LogP contribution in [0.25, 0.3) is 21.8 Å². The van der Waals surface area contributed by atoms with E-state index in [1.54, 1.807) is 10.8 Å². The number of carbonyl (C=O) groups is 1. The molecule has 2 heterocycles. The molecule has 0 aliphatic rings. The van der Waals surface area contributed by atoms with Crippen LogP contribution in [0.15, 0.2) is 109 Å². The molecule has 4 aromatic carbocycles. The van der Waals surface area contributed by atoms with Crippen LogP contribution in [-0.2, 0) is 18.0 Å². The quantitative estimate of drug-likeness (QED) is 0.215. The Kier molecular flexibility index (Phi) is 8.86. The van der Waals surface area contributed by atoms with Gasteiger partial charge in [-0.05, 0) is 93.3 Å². The SMILES string of the molecule is Cc1cc(OCc2ccccc2)cc2cc[nH]c12.Cc1cc(OCc2ccccc2)cc2ccn(C(=O)OC(C)(C)C)c12. The van der Waals surface area contributed by atoms with Crippen molar-refractivity contribution in [1.29, 1.82) is 0 Å². The van der Waals surface area contributed by atoms with Gasteiger partial charge in [-0.3, -0.25) is 4.57 Å². The lowest BCUT2D eigenvalue weighted by Crippen LogP contribution is -2.26. The van der Waals surface area contributed by atoms with Gasteiger partial charge >= 0.3 is 6.09 Å². The van der Waals surface area contributed by atoms with Crippen molar-refractivity contribution >= 4 is 27.9 Å². The summed E-state index contributed by atoms with van der Waals surface area (Å²) in [5, 5.41) is 2.15. The van der Waals surface area contributed by atoms with Crippen molar-refractivity contribution in [3.63, 3.8) is 0 Å². The first-order valence-corrected chi connectivity index (χ1v) is 14.4. The molecule has 0 bridgehead atoms. The maximum atomic E-state index is 12.4. The maximum absolute atomic E-state index is 12.4. The second kappa shape index (κ2) is 12.9. The molecule has 220 valence electrons. The highest BCUT2D eigenvalue weighted by atomic mass is 16.6. The lowest BCUT2D eigenvalue weighted by Gasteiger charge is -2.20. The van der Waals surface area contributed by atoms with Gasteiger partial charge in [0.05, 0.1) is 5.52 Å². The first-order chi connectivity index (χ1) is 20.7. The van der Waals surface area contributed by atoms with Gasteiger partial charge in [0.25, 0.3) is 0 Å². The second-order valence-corrected chi connectivity index (χ2v) is 11.6. The van der Waals surface area contributed by atoms with Crippen LogP contribution >= 0.6 is 0 Å². The molecule has 6 rings (SSSR count). The molecular formula is C37H38N2O4. The number of rotatable bonds is 6. The van der Waals surface area contributed by atoms with E-state index in [-0.39, 0.29) is 6.09 Å². The standard InChI is InChI=1S/C21H23NO3.C16H15NO/c1-15-12-18(24-14-16-8-6-5-7-9-16)13-17-10-11-22(19(15)17)20(23)25-21(2,3)4;1-12-9-15(10-14-7-8-17-16(12)14)18-11-13-5-3-2-4-6-13/h5-13H,14H2,1-4H3;2-10,17H,11H2,1H3. The van der Waals surface area contributed by atoms with E-state index in [9.17, 15) is 4.79 Å². The van der Waals surface area contributed by atoms with E-state index in [2.05, 4.69) is 42.2 Å². The highest BCUT2D eigenvalue weighted by Gasteiger charge is 2.20. The first-order valence-electron chi connectivity index (χ1n) is 14.4. The summed E-state index contributed by atoms with van der Waals surface area (Å²) in [6.07, 6.45) is 3.33. The molecule has 6 aromatic rings. The topological polar surface area (TPSA) is 65.5 Å². The zero-order valence-electron chi connectivity index (χ0n) is 25.4. The fourth-order valence-corrected chi connectivity index (χ4v) is 4.89. The third-order valence-electron chi connectivity index (χ3n) is 6.86. The second-order valence-electron chi connectivity index (χ2n) is 11.6. The molecule has 0 saturated heterocycles. The van der Waals surface area contributed by atoms with E-state index in [0.717, 1.165) is 33.5 Å². The highest BCUT2D eigenvalue weighted by Crippen LogP contribution is 2.28. The van der Waals surface area contributed by atoms with E-state index in [1.807, 2.05) is 101 Å². The van der Waals surface area contributed by atoms with Crippen molar-refractivity contribution in [2.45, 2.75) is 53.4 Å². The minimum Gasteiger partial charge on any atom is -0.489 e. The van der Waals surface area contributed by atoms with Gasteiger partial charge in [-0.25, -0.2) is 4.79 Å². The van der Waals surface area contributed by atoms with Crippen molar-refractivity contribution in [2.24, 2.45) is 0 Å². The average Bonchev–Trinajstić information content (AvgIpc) is 3.64. The lowest BCUT2D eigenvalue weighted by molar-refractivity contribution is 0.0544. The summed E-state index contributed by atoms with van der Waals surface area (Å²) in [5.74, 6) is 1.71. The summed E-state index contributed by atoms with van der Waals surface area (Å²) in [6.45, 7) is 10.8. The number of benzene rings is 4. The van der Waals surface area contributed by atoms with E-state index in [4.69, 9.17) is 14.2 Å². The van der Waals surface area contributed by atoms with Crippen LogP contribution in [-0.4, -0.2) is 21.2 Å². The minimum absolute atomic E-state index is 0.372. The summed E-state index contributed by atoms with van der Waals surface area (Å²) in [6, 6.07) is 32.3. The molecule has 0 amide bonds. The molecular weight excluding hydrogens is 536 g/mol. The Balaban J connectivity index is 0.000000180. The number of hydrogen-bond donors (Lipinski definition) is 1. The summed E-state index contributed by atoms with van der Waals surface area (Å²) < 4.78 is 18.8. The molecule has 43 heavy (non-hydrogen) atoms. The van der Waals surface area contributed by atoms with E-state index in [0.29, 0.717) is 13.2 Å². The smallest absolute Gasteiger partial charge is 0.418 e. The number of hydrogen-bond acceptors (Lipinski definition) is 4. The molecule has 0 aliphatic carbocycles. The third-order valence-corrected chi connectivity index (χ3v) is 6.86. The number of nitrogens with zero attached hydrogens (tertiary/aromatic N) is 1. The Bertz CT molecular complexity index is 1810. The fraction of sp³-hybridized carbons (Fsp3) is 0.216. The van der Waals surface area contributed by atoms with Crippen molar-refractivity contribution in [2.75, 3.05) is 0 Å². The van der Waals surface area contributed by atoms with Gasteiger partial charge in [-0.15, -0.1) is 0 Å². The van der Waals surface area contributed by atoms with Crippen LogP contribution in [0.1, 0.15) is 43.0 Å². The molecule has 2 aromatic heterocycles. The number of H-pyrrole nitrogens is 1. The number of ether oxygens (including phenoxy) is 3. The third kappa shape index (κ3) is 7.66. The molecule has 0 radical (unpaired) electrons. The van der Waals surface area contributed by atoms with E-state index < -0.39 is 5.60 Å². The van der Waals surface area contributed by atoms with Gasteiger partial charge in [-0.1, -0.05) is 60.7 Å². The number of nitrogens with one attached hydrogen (secondary N) is 1. The van der Waals surface area contributed by atoms with Gasteiger partial charge in [0.1, 0.15) is 30.3 Å². The largest absolute Gasteiger partial charge is 0.489 e. The average molecular weight is 575 g/mol. The summed E-state index contributed by atoms with van der Waals surface area (Å²) in [7, 11) is 0. The van der Waals surface area contributed by atoms with Crippen molar-refractivity contribution in [3.8, 4) is 11.5 Å². The summed E-state index contributed by atoms with van der Waals surface area (Å²) in [5.41, 5.74) is 5.98. The van der Waals surface area contributed by atoms with Gasteiger partial charge in [0, 0.05) is 28.7 Å². The number of aromatic amines is 1.